The van der Waals surface area contributed by atoms with Crippen molar-refractivity contribution in [1.29, 1.82) is 0 Å². The largest absolute Gasteiger partial charge is 0.481 e. The molecule has 0 radical (unpaired) electrons. The Bertz CT molecular complexity index is 684. The van der Waals surface area contributed by atoms with E-state index in [2.05, 4.69) is 5.10 Å². The van der Waals surface area contributed by atoms with E-state index in [0.717, 1.165) is 22.3 Å². The summed E-state index contributed by atoms with van der Waals surface area (Å²) in [7, 11) is 1.86. The molecule has 0 aliphatic carbocycles. The maximum Gasteiger partial charge on any atom is 0.308 e. The molecule has 0 spiro atoms. The standard InChI is InChI=1S/C14H17N3O3S/c1-8-10-6-11(21-13(10)16(2)15-8)12(18)17-5-3-4-9(7-17)14(19)20/h6,9H,3-5,7H2,1-2H3,(H,19,20)/t9-/m0/s1. The summed E-state index contributed by atoms with van der Waals surface area (Å²) in [5.41, 5.74) is 0.907. The van der Waals surface area contributed by atoms with E-state index in [9.17, 15) is 9.59 Å². The Kier molecular flexibility index (Phi) is 3.44. The van der Waals surface area contributed by atoms with Crippen LogP contribution in [0.5, 0.6) is 0 Å². The van der Waals surface area contributed by atoms with E-state index >= 15 is 0 Å². The Morgan fingerprint density at radius 2 is 2.24 bits per heavy atom. The quantitative estimate of drug-likeness (QED) is 0.919. The number of aromatic nitrogens is 2. The van der Waals surface area contributed by atoms with Crippen LogP contribution in [0.25, 0.3) is 10.2 Å². The number of amides is 1. The summed E-state index contributed by atoms with van der Waals surface area (Å²) in [5.74, 6) is -1.33. The predicted octanol–water partition coefficient (Wildman–Crippen LogP) is 1.88. The molecule has 2 aromatic rings. The van der Waals surface area contributed by atoms with E-state index in [1.54, 1.807) is 9.58 Å². The summed E-state index contributed by atoms with van der Waals surface area (Å²) in [6.45, 7) is 2.86. The number of likely N-dealkylation sites (tertiary alicyclic amines) is 1. The van der Waals surface area contributed by atoms with E-state index in [4.69, 9.17) is 5.11 Å². The van der Waals surface area contributed by atoms with Crippen LogP contribution in [0, 0.1) is 12.8 Å². The number of thiophene rings is 1. The highest BCUT2D eigenvalue weighted by Gasteiger charge is 2.29. The molecule has 0 saturated carbocycles. The number of rotatable bonds is 2. The van der Waals surface area contributed by atoms with Gasteiger partial charge < -0.3 is 10.0 Å². The maximum absolute atomic E-state index is 12.6. The van der Waals surface area contributed by atoms with Gasteiger partial charge in [-0.05, 0) is 25.8 Å². The molecular weight excluding hydrogens is 290 g/mol. The zero-order valence-electron chi connectivity index (χ0n) is 12.0. The highest BCUT2D eigenvalue weighted by Crippen LogP contribution is 2.29. The summed E-state index contributed by atoms with van der Waals surface area (Å²) in [6.07, 6.45) is 1.39. The maximum atomic E-state index is 12.6. The third-order valence-electron chi connectivity index (χ3n) is 3.96. The number of fused-ring (bicyclic) bond motifs is 1. The minimum absolute atomic E-state index is 0.0680. The van der Waals surface area contributed by atoms with Crippen molar-refractivity contribution in [3.05, 3.63) is 16.6 Å². The molecule has 1 fully saturated rings. The van der Waals surface area contributed by atoms with E-state index in [-0.39, 0.29) is 5.91 Å². The second kappa shape index (κ2) is 5.14. The smallest absolute Gasteiger partial charge is 0.308 e. The third-order valence-corrected chi connectivity index (χ3v) is 5.15. The van der Waals surface area contributed by atoms with Gasteiger partial charge in [0.15, 0.2) is 0 Å². The lowest BCUT2D eigenvalue weighted by atomic mass is 9.98. The van der Waals surface area contributed by atoms with Crippen molar-refractivity contribution < 1.29 is 14.7 Å². The van der Waals surface area contributed by atoms with Crippen LogP contribution < -0.4 is 0 Å². The molecular formula is C14H17N3O3S. The molecule has 112 valence electrons. The van der Waals surface area contributed by atoms with E-state index in [0.29, 0.717) is 24.4 Å². The molecule has 1 aliphatic rings. The average Bonchev–Trinajstić information content (AvgIpc) is 3.01. The number of carboxylic acids is 1. The van der Waals surface area contributed by atoms with Gasteiger partial charge in [0.05, 0.1) is 16.5 Å². The number of aryl methyl sites for hydroxylation is 2. The van der Waals surface area contributed by atoms with Crippen molar-refractivity contribution >= 4 is 33.4 Å². The van der Waals surface area contributed by atoms with Crippen LogP contribution in [0.1, 0.15) is 28.2 Å². The monoisotopic (exact) mass is 307 g/mol. The molecule has 1 saturated heterocycles. The molecule has 1 aliphatic heterocycles. The van der Waals surface area contributed by atoms with Crippen molar-refractivity contribution in [3.63, 3.8) is 0 Å². The Hall–Kier alpha value is -1.89. The first kappa shape index (κ1) is 14.1. The molecule has 21 heavy (non-hydrogen) atoms. The highest BCUT2D eigenvalue weighted by atomic mass is 32.1. The average molecular weight is 307 g/mol. The van der Waals surface area contributed by atoms with E-state index in [1.165, 1.54) is 11.3 Å². The van der Waals surface area contributed by atoms with Gasteiger partial charge in [0.1, 0.15) is 4.83 Å². The SMILES string of the molecule is Cc1nn(C)c2sc(C(=O)N3CCC[C@H](C(=O)O)C3)cc12. The van der Waals surface area contributed by atoms with Gasteiger partial charge in [-0.3, -0.25) is 14.3 Å². The van der Waals surface area contributed by atoms with Crippen LogP contribution in [-0.2, 0) is 11.8 Å². The van der Waals surface area contributed by atoms with Crippen LogP contribution in [0.15, 0.2) is 6.07 Å². The first-order valence-electron chi connectivity index (χ1n) is 6.92. The molecule has 6 nitrogen and oxygen atoms in total. The molecule has 0 aromatic carbocycles. The molecule has 1 amide bonds. The van der Waals surface area contributed by atoms with Gasteiger partial charge in [-0.15, -0.1) is 11.3 Å². The predicted molar refractivity (Wildman–Crippen MR) is 79.6 cm³/mol. The Morgan fingerprint density at radius 3 is 2.90 bits per heavy atom. The summed E-state index contributed by atoms with van der Waals surface area (Å²) in [5, 5.41) is 14.4. The molecule has 1 N–H and O–H groups in total. The number of nitrogens with zero attached hydrogens (tertiary/aromatic N) is 3. The number of carbonyl (C=O) groups excluding carboxylic acids is 1. The van der Waals surface area contributed by atoms with Crippen LogP contribution in [-0.4, -0.2) is 44.8 Å². The molecule has 0 bridgehead atoms. The van der Waals surface area contributed by atoms with Gasteiger partial charge in [-0.2, -0.15) is 5.10 Å². The lowest BCUT2D eigenvalue weighted by Crippen LogP contribution is -2.42. The van der Waals surface area contributed by atoms with Crippen molar-refractivity contribution in [3.8, 4) is 0 Å². The van der Waals surface area contributed by atoms with Crippen molar-refractivity contribution in [1.82, 2.24) is 14.7 Å². The second-order valence-electron chi connectivity index (χ2n) is 5.47. The Morgan fingerprint density at radius 1 is 1.48 bits per heavy atom. The number of carbonyl (C=O) groups is 2. The molecule has 0 unspecified atom stereocenters. The van der Waals surface area contributed by atoms with Crippen molar-refractivity contribution in [2.75, 3.05) is 13.1 Å². The zero-order valence-corrected chi connectivity index (χ0v) is 12.8. The number of hydrogen-bond donors (Lipinski definition) is 1. The second-order valence-corrected chi connectivity index (χ2v) is 6.50. The fourth-order valence-corrected chi connectivity index (χ4v) is 3.92. The van der Waals surface area contributed by atoms with Gasteiger partial charge in [-0.25, -0.2) is 0 Å². The van der Waals surface area contributed by atoms with Gasteiger partial charge in [0.2, 0.25) is 0 Å². The molecule has 1 atom stereocenters. The first-order valence-corrected chi connectivity index (χ1v) is 7.74. The highest BCUT2D eigenvalue weighted by molar-refractivity contribution is 7.20. The number of aliphatic carboxylic acids is 1. The Balaban J connectivity index is 1.86. The summed E-state index contributed by atoms with van der Waals surface area (Å²) < 4.78 is 1.78. The van der Waals surface area contributed by atoms with Gasteiger partial charge in [0, 0.05) is 25.5 Å². The fourth-order valence-electron chi connectivity index (χ4n) is 2.83. The number of piperidine rings is 1. The summed E-state index contributed by atoms with van der Waals surface area (Å²) >= 11 is 1.42. The van der Waals surface area contributed by atoms with Gasteiger partial charge in [0.25, 0.3) is 5.91 Å². The summed E-state index contributed by atoms with van der Waals surface area (Å²) in [4.78, 5) is 27.0. The van der Waals surface area contributed by atoms with Crippen molar-refractivity contribution in [2.45, 2.75) is 19.8 Å². The molecule has 3 heterocycles. The van der Waals surface area contributed by atoms with E-state index in [1.807, 2.05) is 20.0 Å². The van der Waals surface area contributed by atoms with E-state index < -0.39 is 11.9 Å². The normalized spacial score (nSPS) is 19.1. The van der Waals surface area contributed by atoms with Gasteiger partial charge in [-0.1, -0.05) is 0 Å². The van der Waals surface area contributed by atoms with Crippen LogP contribution in [0.2, 0.25) is 0 Å². The van der Waals surface area contributed by atoms with Crippen LogP contribution in [0.3, 0.4) is 0 Å². The molecule has 7 heteroatoms. The van der Waals surface area contributed by atoms with Crippen molar-refractivity contribution in [2.24, 2.45) is 13.0 Å². The minimum atomic E-state index is -0.816. The summed E-state index contributed by atoms with van der Waals surface area (Å²) in [6, 6.07) is 1.87. The molecule has 2 aromatic heterocycles. The van der Waals surface area contributed by atoms with Gasteiger partial charge >= 0.3 is 5.97 Å². The lowest BCUT2D eigenvalue weighted by Gasteiger charge is -2.30. The number of carboxylic acid groups (broad SMARTS) is 1. The topological polar surface area (TPSA) is 75.4 Å². The lowest BCUT2D eigenvalue weighted by molar-refractivity contribution is -0.143. The minimum Gasteiger partial charge on any atom is -0.481 e. The zero-order chi connectivity index (χ0) is 15.1. The van der Waals surface area contributed by atoms with Crippen LogP contribution >= 0.6 is 11.3 Å². The Labute approximate surface area is 126 Å². The number of hydrogen-bond acceptors (Lipinski definition) is 4. The third kappa shape index (κ3) is 2.42. The van der Waals surface area contributed by atoms with Crippen LogP contribution in [0.4, 0.5) is 0 Å². The fraction of sp³-hybridized carbons (Fsp3) is 0.500. The first-order chi connectivity index (χ1) is 9.97. The molecule has 3 rings (SSSR count).